The molecule has 0 fully saturated rings. The van der Waals surface area contributed by atoms with Crippen molar-refractivity contribution in [1.82, 2.24) is 9.78 Å². The van der Waals surface area contributed by atoms with Crippen LogP contribution in [0.5, 0.6) is 17.2 Å². The van der Waals surface area contributed by atoms with Gasteiger partial charge in [0.15, 0.2) is 5.75 Å². The highest BCUT2D eigenvalue weighted by molar-refractivity contribution is 5.34. The van der Waals surface area contributed by atoms with Gasteiger partial charge in [0.2, 0.25) is 0 Å². The molecule has 0 bridgehead atoms. The van der Waals surface area contributed by atoms with Gasteiger partial charge in [0.25, 0.3) is 0 Å². The van der Waals surface area contributed by atoms with Crippen LogP contribution in [-0.4, -0.2) is 16.9 Å². The summed E-state index contributed by atoms with van der Waals surface area (Å²) in [5.41, 5.74) is 0. The molecule has 0 aliphatic rings. The van der Waals surface area contributed by atoms with Crippen LogP contribution in [0.15, 0.2) is 36.7 Å². The van der Waals surface area contributed by atoms with Crippen molar-refractivity contribution in [3.8, 4) is 17.2 Å². The molecule has 0 unspecified atom stereocenters. The predicted molar refractivity (Wildman–Crippen MR) is 65.7 cm³/mol. The van der Waals surface area contributed by atoms with Gasteiger partial charge in [-0.2, -0.15) is 5.10 Å². The summed E-state index contributed by atoms with van der Waals surface area (Å²) in [5, 5.41) is 4.21. The van der Waals surface area contributed by atoms with Crippen LogP contribution in [0.4, 0.5) is 0 Å². The van der Waals surface area contributed by atoms with E-state index in [1.165, 1.54) is 0 Å². The molecule has 0 saturated heterocycles. The Bertz CT molecular complexity index is 474. The Morgan fingerprint density at radius 1 is 1.06 bits per heavy atom. The Morgan fingerprint density at radius 3 is 2.24 bits per heavy atom. The molecule has 0 aliphatic carbocycles. The van der Waals surface area contributed by atoms with Gasteiger partial charge in [-0.3, -0.25) is 4.68 Å². The van der Waals surface area contributed by atoms with Crippen molar-refractivity contribution in [2.75, 3.05) is 7.11 Å². The van der Waals surface area contributed by atoms with Crippen molar-refractivity contribution in [2.24, 2.45) is 0 Å². The van der Waals surface area contributed by atoms with E-state index in [0.29, 0.717) is 6.04 Å². The molecule has 0 atom stereocenters. The lowest BCUT2D eigenvalue weighted by atomic mass is 10.3. The van der Waals surface area contributed by atoms with Crippen LogP contribution >= 0.6 is 0 Å². The number of rotatable bonds is 4. The van der Waals surface area contributed by atoms with Crippen LogP contribution in [0.2, 0.25) is 0 Å². The van der Waals surface area contributed by atoms with E-state index in [-0.39, 0.29) is 0 Å². The zero-order valence-corrected chi connectivity index (χ0v) is 10.3. The number of benzene rings is 1. The molecule has 1 aromatic carbocycles. The summed E-state index contributed by atoms with van der Waals surface area (Å²) in [4.78, 5) is 0. The Morgan fingerprint density at radius 2 is 1.71 bits per heavy atom. The molecule has 4 nitrogen and oxygen atoms in total. The zero-order chi connectivity index (χ0) is 12.3. The molecule has 0 aliphatic heterocycles. The van der Waals surface area contributed by atoms with Gasteiger partial charge in [-0.15, -0.1) is 0 Å². The highest BCUT2D eigenvalue weighted by atomic mass is 16.5. The molecule has 1 heterocycles. The normalized spacial score (nSPS) is 10.6. The van der Waals surface area contributed by atoms with Crippen LogP contribution in [0, 0.1) is 0 Å². The number of hydrogen-bond donors (Lipinski definition) is 0. The number of methoxy groups -OCH3 is 1. The molecule has 0 N–H and O–H groups in total. The van der Waals surface area contributed by atoms with Gasteiger partial charge >= 0.3 is 0 Å². The standard InChI is InChI=1S/C13H16N2O2/c1-10(2)15-9-13(8-14-15)17-12-6-4-11(16-3)5-7-12/h4-10H,1-3H3. The lowest BCUT2D eigenvalue weighted by Gasteiger charge is -2.05. The molecule has 4 heteroatoms. The summed E-state index contributed by atoms with van der Waals surface area (Å²) in [6.07, 6.45) is 3.60. The first kappa shape index (κ1) is 11.5. The second-order valence-corrected chi connectivity index (χ2v) is 4.03. The lowest BCUT2D eigenvalue weighted by Crippen LogP contribution is -1.99. The van der Waals surface area contributed by atoms with Crippen molar-refractivity contribution < 1.29 is 9.47 Å². The van der Waals surface area contributed by atoms with E-state index in [4.69, 9.17) is 9.47 Å². The van der Waals surface area contributed by atoms with E-state index in [9.17, 15) is 0 Å². The van der Waals surface area contributed by atoms with Crippen LogP contribution in [0.25, 0.3) is 0 Å². The van der Waals surface area contributed by atoms with E-state index in [1.807, 2.05) is 35.1 Å². The molecule has 0 spiro atoms. The van der Waals surface area contributed by atoms with Crippen LogP contribution < -0.4 is 9.47 Å². The van der Waals surface area contributed by atoms with E-state index >= 15 is 0 Å². The summed E-state index contributed by atoms with van der Waals surface area (Å²) >= 11 is 0. The average Bonchev–Trinajstić information content (AvgIpc) is 2.79. The maximum absolute atomic E-state index is 5.67. The quantitative estimate of drug-likeness (QED) is 0.811. The molecule has 0 radical (unpaired) electrons. The van der Waals surface area contributed by atoms with Crippen molar-refractivity contribution in [2.45, 2.75) is 19.9 Å². The van der Waals surface area contributed by atoms with Crippen LogP contribution in [-0.2, 0) is 0 Å². The van der Waals surface area contributed by atoms with Crippen LogP contribution in [0.1, 0.15) is 19.9 Å². The van der Waals surface area contributed by atoms with Gasteiger partial charge in [-0.25, -0.2) is 0 Å². The highest BCUT2D eigenvalue weighted by Gasteiger charge is 2.03. The van der Waals surface area contributed by atoms with Gasteiger partial charge in [-0.05, 0) is 38.1 Å². The molecular weight excluding hydrogens is 216 g/mol. The smallest absolute Gasteiger partial charge is 0.165 e. The monoisotopic (exact) mass is 232 g/mol. The van der Waals surface area contributed by atoms with Gasteiger partial charge in [0.05, 0.1) is 19.5 Å². The minimum absolute atomic E-state index is 0.336. The summed E-state index contributed by atoms with van der Waals surface area (Å²) in [6, 6.07) is 7.80. The van der Waals surface area contributed by atoms with Crippen molar-refractivity contribution in [1.29, 1.82) is 0 Å². The molecular formula is C13H16N2O2. The first-order valence-corrected chi connectivity index (χ1v) is 5.55. The third kappa shape index (κ3) is 2.78. The topological polar surface area (TPSA) is 36.3 Å². The average molecular weight is 232 g/mol. The molecule has 0 amide bonds. The molecule has 17 heavy (non-hydrogen) atoms. The van der Waals surface area contributed by atoms with E-state index in [1.54, 1.807) is 13.3 Å². The zero-order valence-electron chi connectivity index (χ0n) is 10.3. The van der Waals surface area contributed by atoms with E-state index in [0.717, 1.165) is 17.2 Å². The fourth-order valence-corrected chi connectivity index (χ4v) is 1.44. The minimum Gasteiger partial charge on any atom is -0.497 e. The number of hydrogen-bond acceptors (Lipinski definition) is 3. The molecule has 90 valence electrons. The largest absolute Gasteiger partial charge is 0.497 e. The first-order valence-electron chi connectivity index (χ1n) is 5.55. The van der Waals surface area contributed by atoms with Crippen molar-refractivity contribution >= 4 is 0 Å². The van der Waals surface area contributed by atoms with E-state index in [2.05, 4.69) is 18.9 Å². The van der Waals surface area contributed by atoms with Crippen molar-refractivity contribution in [3.63, 3.8) is 0 Å². The third-order valence-corrected chi connectivity index (χ3v) is 2.40. The summed E-state index contributed by atoms with van der Waals surface area (Å²) in [5.74, 6) is 2.33. The first-order chi connectivity index (χ1) is 8.19. The van der Waals surface area contributed by atoms with E-state index < -0.39 is 0 Å². The lowest BCUT2D eigenvalue weighted by molar-refractivity contribution is 0.412. The SMILES string of the molecule is COc1ccc(Oc2cnn(C(C)C)c2)cc1. The second kappa shape index (κ2) is 4.91. The fourth-order valence-electron chi connectivity index (χ4n) is 1.44. The predicted octanol–water partition coefficient (Wildman–Crippen LogP) is 3.26. The Hall–Kier alpha value is -1.97. The fraction of sp³-hybridized carbons (Fsp3) is 0.308. The Balaban J connectivity index is 2.08. The number of ether oxygens (including phenoxy) is 2. The third-order valence-electron chi connectivity index (χ3n) is 2.40. The minimum atomic E-state index is 0.336. The molecule has 2 rings (SSSR count). The van der Waals surface area contributed by atoms with Gasteiger partial charge < -0.3 is 9.47 Å². The summed E-state index contributed by atoms with van der Waals surface area (Å²) in [7, 11) is 1.64. The maximum atomic E-state index is 5.67. The maximum Gasteiger partial charge on any atom is 0.165 e. The molecule has 0 saturated carbocycles. The Kier molecular flexibility index (Phi) is 3.32. The summed E-state index contributed by atoms with van der Waals surface area (Å²) in [6.45, 7) is 4.15. The van der Waals surface area contributed by atoms with Gasteiger partial charge in [-0.1, -0.05) is 0 Å². The molecule has 2 aromatic rings. The number of nitrogens with zero attached hydrogens (tertiary/aromatic N) is 2. The second-order valence-electron chi connectivity index (χ2n) is 4.03. The summed E-state index contributed by atoms with van der Waals surface area (Å²) < 4.78 is 12.6. The molecule has 1 aromatic heterocycles. The van der Waals surface area contributed by atoms with Gasteiger partial charge in [0.1, 0.15) is 11.5 Å². The van der Waals surface area contributed by atoms with Crippen LogP contribution in [0.3, 0.4) is 0 Å². The highest BCUT2D eigenvalue weighted by Crippen LogP contribution is 2.23. The van der Waals surface area contributed by atoms with Crippen molar-refractivity contribution in [3.05, 3.63) is 36.7 Å². The Labute approximate surface area is 101 Å². The number of aromatic nitrogens is 2. The van der Waals surface area contributed by atoms with Gasteiger partial charge in [0, 0.05) is 6.04 Å².